The van der Waals surface area contributed by atoms with Crippen molar-refractivity contribution in [3.05, 3.63) is 59.2 Å². The smallest absolute Gasteiger partial charge is 0.269 e. The van der Waals surface area contributed by atoms with Crippen molar-refractivity contribution in [2.45, 2.75) is 54.4 Å². The lowest BCUT2D eigenvalue weighted by Gasteiger charge is -2.23. The van der Waals surface area contributed by atoms with Crippen LogP contribution in [-0.4, -0.2) is 25.0 Å². The molecule has 0 fully saturated rings. The van der Waals surface area contributed by atoms with Crippen LogP contribution >= 0.6 is 0 Å². The quantitative estimate of drug-likeness (QED) is 0.403. The predicted molar refractivity (Wildman–Crippen MR) is 127 cm³/mol. The van der Waals surface area contributed by atoms with Crippen LogP contribution in [-0.2, 0) is 4.79 Å². The van der Waals surface area contributed by atoms with E-state index in [1.54, 1.807) is 24.3 Å². The molecular weight excluding hydrogens is 404 g/mol. The van der Waals surface area contributed by atoms with Crippen molar-refractivity contribution in [3.63, 3.8) is 0 Å². The highest BCUT2D eigenvalue weighted by Crippen LogP contribution is 2.24. The Hall–Kier alpha value is -3.02. The maximum Gasteiger partial charge on any atom is 0.269 e. The first-order valence-electron chi connectivity index (χ1n) is 11.1. The second kappa shape index (κ2) is 11.6. The van der Waals surface area contributed by atoms with Gasteiger partial charge in [-0.15, -0.1) is 0 Å². The number of carbonyl (C=O) groups excluding carboxylic acids is 2. The lowest BCUT2D eigenvalue weighted by molar-refractivity contribution is -0.130. The molecular formula is C26H36N2O4. The van der Waals surface area contributed by atoms with Gasteiger partial charge in [0.05, 0.1) is 13.2 Å². The average Bonchev–Trinajstić information content (AvgIpc) is 2.75. The number of benzene rings is 2. The van der Waals surface area contributed by atoms with E-state index in [4.69, 9.17) is 9.47 Å². The molecule has 6 heteroatoms. The highest BCUT2D eigenvalue weighted by atomic mass is 16.5. The van der Waals surface area contributed by atoms with Crippen LogP contribution in [0.2, 0.25) is 0 Å². The Morgan fingerprint density at radius 2 is 1.66 bits per heavy atom. The van der Waals surface area contributed by atoms with Gasteiger partial charge in [0.25, 0.3) is 5.91 Å². The van der Waals surface area contributed by atoms with E-state index in [9.17, 15) is 9.59 Å². The first kappa shape index (κ1) is 25.2. The maximum atomic E-state index is 12.6. The molecule has 2 amide bonds. The molecule has 0 aliphatic heterocycles. The molecule has 0 heterocycles. The van der Waals surface area contributed by atoms with Crippen molar-refractivity contribution >= 4 is 11.8 Å². The fourth-order valence-corrected chi connectivity index (χ4v) is 2.99. The van der Waals surface area contributed by atoms with Crippen LogP contribution < -0.4 is 20.3 Å². The molecule has 0 unspecified atom stereocenters. The third-order valence-electron chi connectivity index (χ3n) is 5.15. The predicted octanol–water partition coefficient (Wildman–Crippen LogP) is 4.98. The molecule has 0 saturated carbocycles. The molecule has 6 nitrogen and oxygen atoms in total. The van der Waals surface area contributed by atoms with Crippen molar-refractivity contribution < 1.29 is 19.1 Å². The molecule has 2 N–H and O–H groups in total. The van der Waals surface area contributed by atoms with Gasteiger partial charge in [0.2, 0.25) is 5.91 Å². The zero-order valence-electron chi connectivity index (χ0n) is 20.1. The third kappa shape index (κ3) is 7.91. The van der Waals surface area contributed by atoms with Gasteiger partial charge in [0.15, 0.2) is 0 Å². The minimum Gasteiger partial charge on any atom is -0.493 e. The van der Waals surface area contributed by atoms with E-state index in [-0.39, 0.29) is 11.8 Å². The number of hydrazine groups is 1. The molecule has 2 aromatic rings. The zero-order chi connectivity index (χ0) is 23.7. The summed E-state index contributed by atoms with van der Waals surface area (Å²) in [6.07, 6.45) is 1.35. The standard InChI is InChI=1S/C26H36N2O4/c1-18(2)17-32-22-12-10-21(11-13-22)24(29)27-28-25(30)26(5,6)14-7-15-31-23-16-19(3)8-9-20(23)4/h8-13,16,18H,7,14-15,17H2,1-6H3,(H,27,29)(H,28,30). The van der Waals surface area contributed by atoms with Crippen LogP contribution in [0.25, 0.3) is 0 Å². The number of carbonyl (C=O) groups is 2. The van der Waals surface area contributed by atoms with Gasteiger partial charge in [-0.2, -0.15) is 0 Å². The Bertz CT molecular complexity index is 905. The first-order chi connectivity index (χ1) is 15.1. The van der Waals surface area contributed by atoms with E-state index in [0.717, 1.165) is 23.3 Å². The number of hydrogen-bond acceptors (Lipinski definition) is 4. The molecule has 0 aliphatic rings. The SMILES string of the molecule is Cc1ccc(C)c(OCCCC(C)(C)C(=O)NNC(=O)c2ccc(OCC(C)C)cc2)c1. The van der Waals surface area contributed by atoms with Crippen LogP contribution in [0.1, 0.15) is 62.0 Å². The fourth-order valence-electron chi connectivity index (χ4n) is 2.99. The van der Waals surface area contributed by atoms with E-state index < -0.39 is 5.41 Å². The molecule has 0 aromatic heterocycles. The summed E-state index contributed by atoms with van der Waals surface area (Å²) in [5.41, 5.74) is 7.08. The molecule has 32 heavy (non-hydrogen) atoms. The minimum absolute atomic E-state index is 0.241. The Kier molecular flexibility index (Phi) is 9.12. The minimum atomic E-state index is -0.646. The van der Waals surface area contributed by atoms with Gasteiger partial charge in [-0.3, -0.25) is 20.4 Å². The largest absolute Gasteiger partial charge is 0.493 e. The summed E-state index contributed by atoms with van der Waals surface area (Å²) in [5.74, 6) is 1.40. The van der Waals surface area contributed by atoms with Gasteiger partial charge in [-0.25, -0.2) is 0 Å². The topological polar surface area (TPSA) is 76.7 Å². The van der Waals surface area contributed by atoms with E-state index in [2.05, 4.69) is 30.8 Å². The Balaban J connectivity index is 1.76. The van der Waals surface area contributed by atoms with Crippen LogP contribution in [0.4, 0.5) is 0 Å². The summed E-state index contributed by atoms with van der Waals surface area (Å²) in [5, 5.41) is 0. The number of ether oxygens (including phenoxy) is 2. The second-order valence-electron chi connectivity index (χ2n) is 9.24. The van der Waals surface area contributed by atoms with Gasteiger partial charge in [-0.05, 0) is 74.1 Å². The van der Waals surface area contributed by atoms with Crippen LogP contribution in [0, 0.1) is 25.2 Å². The summed E-state index contributed by atoms with van der Waals surface area (Å²) < 4.78 is 11.5. The van der Waals surface area contributed by atoms with Crippen LogP contribution in [0.15, 0.2) is 42.5 Å². The lowest BCUT2D eigenvalue weighted by Crippen LogP contribution is -2.47. The molecule has 0 spiro atoms. The van der Waals surface area contributed by atoms with Crippen molar-refractivity contribution in [1.82, 2.24) is 10.9 Å². The molecule has 0 atom stereocenters. The Morgan fingerprint density at radius 3 is 2.31 bits per heavy atom. The van der Waals surface area contributed by atoms with Crippen LogP contribution in [0.5, 0.6) is 11.5 Å². The van der Waals surface area contributed by atoms with Gasteiger partial charge in [0.1, 0.15) is 11.5 Å². The molecule has 174 valence electrons. The molecule has 0 radical (unpaired) electrons. The van der Waals surface area contributed by atoms with E-state index in [0.29, 0.717) is 36.9 Å². The first-order valence-corrected chi connectivity index (χ1v) is 11.1. The summed E-state index contributed by atoms with van der Waals surface area (Å²) in [6.45, 7) is 13.0. The monoisotopic (exact) mass is 440 g/mol. The summed E-state index contributed by atoms with van der Waals surface area (Å²) in [6, 6.07) is 13.0. The van der Waals surface area contributed by atoms with Crippen molar-refractivity contribution in [2.75, 3.05) is 13.2 Å². The van der Waals surface area contributed by atoms with Crippen molar-refractivity contribution in [2.24, 2.45) is 11.3 Å². The highest BCUT2D eigenvalue weighted by molar-refractivity contribution is 5.95. The van der Waals surface area contributed by atoms with Gasteiger partial charge >= 0.3 is 0 Å². The number of amides is 2. The number of aryl methyl sites for hydroxylation is 2. The highest BCUT2D eigenvalue weighted by Gasteiger charge is 2.27. The molecule has 2 rings (SSSR count). The van der Waals surface area contributed by atoms with E-state index >= 15 is 0 Å². The van der Waals surface area contributed by atoms with E-state index in [1.165, 1.54) is 0 Å². The van der Waals surface area contributed by atoms with E-state index in [1.807, 2.05) is 39.8 Å². The third-order valence-corrected chi connectivity index (χ3v) is 5.15. The summed E-state index contributed by atoms with van der Waals surface area (Å²) >= 11 is 0. The Labute approximate surface area is 191 Å². The molecule has 2 aromatic carbocycles. The summed E-state index contributed by atoms with van der Waals surface area (Å²) in [4.78, 5) is 24.9. The Morgan fingerprint density at radius 1 is 0.969 bits per heavy atom. The number of hydrogen-bond donors (Lipinski definition) is 2. The lowest BCUT2D eigenvalue weighted by atomic mass is 9.87. The van der Waals surface area contributed by atoms with Gasteiger partial charge in [-0.1, -0.05) is 39.8 Å². The van der Waals surface area contributed by atoms with Crippen molar-refractivity contribution in [3.8, 4) is 11.5 Å². The molecule has 0 bridgehead atoms. The zero-order valence-corrected chi connectivity index (χ0v) is 20.1. The molecule has 0 aliphatic carbocycles. The fraction of sp³-hybridized carbons (Fsp3) is 0.462. The number of rotatable bonds is 10. The normalized spacial score (nSPS) is 11.2. The van der Waals surface area contributed by atoms with Gasteiger partial charge < -0.3 is 9.47 Å². The summed E-state index contributed by atoms with van der Waals surface area (Å²) in [7, 11) is 0. The van der Waals surface area contributed by atoms with Gasteiger partial charge in [0, 0.05) is 11.0 Å². The van der Waals surface area contributed by atoms with Crippen LogP contribution in [0.3, 0.4) is 0 Å². The number of nitrogens with one attached hydrogen (secondary N) is 2. The molecule has 0 saturated heterocycles. The second-order valence-corrected chi connectivity index (χ2v) is 9.24. The van der Waals surface area contributed by atoms with Crippen molar-refractivity contribution in [1.29, 1.82) is 0 Å². The maximum absolute atomic E-state index is 12.6. The average molecular weight is 441 g/mol.